The van der Waals surface area contributed by atoms with E-state index < -0.39 is 5.82 Å². The standard InChI is InChI=1S/C11H8BrFN2O/c1-7-2-3-9(6-14-7)16-11-10(13)4-8(12)5-15-11/h2-6H,1H3. The largest absolute Gasteiger partial charge is 0.435 e. The van der Waals surface area contributed by atoms with Gasteiger partial charge in [0.2, 0.25) is 0 Å². The molecule has 0 atom stereocenters. The summed E-state index contributed by atoms with van der Waals surface area (Å²) in [7, 11) is 0. The van der Waals surface area contributed by atoms with Crippen LogP contribution in [0.5, 0.6) is 11.6 Å². The molecule has 2 heterocycles. The van der Waals surface area contributed by atoms with E-state index in [-0.39, 0.29) is 5.88 Å². The minimum absolute atomic E-state index is 0.0612. The van der Waals surface area contributed by atoms with Gasteiger partial charge in [0.05, 0.1) is 6.20 Å². The molecule has 0 N–H and O–H groups in total. The molecule has 0 amide bonds. The van der Waals surface area contributed by atoms with Gasteiger partial charge in [0.1, 0.15) is 5.75 Å². The van der Waals surface area contributed by atoms with Gasteiger partial charge in [-0.2, -0.15) is 0 Å². The number of halogens is 2. The van der Waals surface area contributed by atoms with Gasteiger partial charge >= 0.3 is 0 Å². The van der Waals surface area contributed by atoms with Crippen LogP contribution in [-0.4, -0.2) is 9.97 Å². The molecule has 0 aliphatic heterocycles. The maximum atomic E-state index is 13.4. The van der Waals surface area contributed by atoms with Crippen LogP contribution < -0.4 is 4.74 Å². The molecule has 0 aliphatic rings. The van der Waals surface area contributed by atoms with Gasteiger partial charge in [-0.1, -0.05) is 0 Å². The first-order valence-electron chi connectivity index (χ1n) is 4.57. The average molecular weight is 283 g/mol. The molecular formula is C11H8BrFN2O. The van der Waals surface area contributed by atoms with Gasteiger partial charge < -0.3 is 4.74 Å². The van der Waals surface area contributed by atoms with Crippen molar-refractivity contribution in [3.8, 4) is 11.6 Å². The molecule has 0 saturated heterocycles. The van der Waals surface area contributed by atoms with Crippen LogP contribution in [0.25, 0.3) is 0 Å². The Hall–Kier alpha value is -1.49. The topological polar surface area (TPSA) is 35.0 Å². The van der Waals surface area contributed by atoms with Gasteiger partial charge in [0, 0.05) is 16.4 Å². The number of hydrogen-bond acceptors (Lipinski definition) is 3. The summed E-state index contributed by atoms with van der Waals surface area (Å²) < 4.78 is 19.2. The predicted molar refractivity (Wildman–Crippen MR) is 60.9 cm³/mol. The summed E-state index contributed by atoms with van der Waals surface area (Å²) in [6, 6.07) is 4.79. The van der Waals surface area contributed by atoms with E-state index in [9.17, 15) is 4.39 Å². The highest BCUT2D eigenvalue weighted by atomic mass is 79.9. The third-order valence-corrected chi connectivity index (χ3v) is 2.31. The molecule has 0 radical (unpaired) electrons. The van der Waals surface area contributed by atoms with Crippen LogP contribution >= 0.6 is 15.9 Å². The highest BCUT2D eigenvalue weighted by Gasteiger charge is 2.06. The number of aryl methyl sites for hydroxylation is 1. The van der Waals surface area contributed by atoms with Crippen LogP contribution in [0, 0.1) is 12.7 Å². The van der Waals surface area contributed by atoms with Crippen molar-refractivity contribution in [3.63, 3.8) is 0 Å². The van der Waals surface area contributed by atoms with Crippen molar-refractivity contribution in [1.82, 2.24) is 9.97 Å². The molecule has 5 heteroatoms. The van der Waals surface area contributed by atoms with Gasteiger partial charge in [0.15, 0.2) is 5.82 Å². The normalized spacial score (nSPS) is 10.2. The van der Waals surface area contributed by atoms with Crippen LogP contribution in [0.2, 0.25) is 0 Å². The SMILES string of the molecule is Cc1ccc(Oc2ncc(Br)cc2F)cn1. The van der Waals surface area contributed by atoms with Crippen LogP contribution in [0.15, 0.2) is 35.1 Å². The van der Waals surface area contributed by atoms with Crippen molar-refractivity contribution in [2.45, 2.75) is 6.92 Å². The fourth-order valence-corrected chi connectivity index (χ4v) is 1.41. The molecule has 2 rings (SSSR count). The van der Waals surface area contributed by atoms with Gasteiger partial charge in [-0.05, 0) is 41.1 Å². The Kier molecular flexibility index (Phi) is 3.14. The number of aromatic nitrogens is 2. The summed E-state index contributed by atoms with van der Waals surface area (Å²) in [6.07, 6.45) is 3.00. The number of rotatable bonds is 2. The van der Waals surface area contributed by atoms with Crippen LogP contribution in [0.4, 0.5) is 4.39 Å². The number of pyridine rings is 2. The Bertz CT molecular complexity index is 502. The van der Waals surface area contributed by atoms with E-state index >= 15 is 0 Å². The molecule has 16 heavy (non-hydrogen) atoms. The summed E-state index contributed by atoms with van der Waals surface area (Å²) in [4.78, 5) is 7.86. The third kappa shape index (κ3) is 2.55. The molecular weight excluding hydrogens is 275 g/mol. The molecule has 0 spiro atoms. The first-order valence-corrected chi connectivity index (χ1v) is 5.36. The lowest BCUT2D eigenvalue weighted by molar-refractivity contribution is 0.420. The molecule has 0 bridgehead atoms. The van der Waals surface area contributed by atoms with Crippen LogP contribution in [0.3, 0.4) is 0 Å². The molecule has 2 aromatic rings. The molecule has 0 aromatic carbocycles. The van der Waals surface area contributed by atoms with E-state index in [1.54, 1.807) is 12.1 Å². The second kappa shape index (κ2) is 4.57. The van der Waals surface area contributed by atoms with Crippen molar-refractivity contribution < 1.29 is 9.13 Å². The van der Waals surface area contributed by atoms with E-state index in [0.717, 1.165) is 5.69 Å². The van der Waals surface area contributed by atoms with Gasteiger partial charge in [-0.15, -0.1) is 0 Å². The lowest BCUT2D eigenvalue weighted by Crippen LogP contribution is -1.92. The Morgan fingerprint density at radius 3 is 2.69 bits per heavy atom. The Morgan fingerprint density at radius 2 is 2.06 bits per heavy atom. The molecule has 0 unspecified atom stereocenters. The number of nitrogens with zero attached hydrogens (tertiary/aromatic N) is 2. The second-order valence-corrected chi connectivity index (χ2v) is 4.09. The summed E-state index contributed by atoms with van der Waals surface area (Å²) >= 11 is 3.12. The highest BCUT2D eigenvalue weighted by molar-refractivity contribution is 9.10. The summed E-state index contributed by atoms with van der Waals surface area (Å²) in [5.41, 5.74) is 0.872. The van der Waals surface area contributed by atoms with Crippen molar-refractivity contribution in [3.05, 3.63) is 46.6 Å². The average Bonchev–Trinajstić information content (AvgIpc) is 2.25. The van der Waals surface area contributed by atoms with Gasteiger partial charge in [-0.25, -0.2) is 9.37 Å². The highest BCUT2D eigenvalue weighted by Crippen LogP contribution is 2.23. The Balaban J connectivity index is 2.23. The van der Waals surface area contributed by atoms with Crippen molar-refractivity contribution in [1.29, 1.82) is 0 Å². The van der Waals surface area contributed by atoms with E-state index in [2.05, 4.69) is 25.9 Å². The zero-order chi connectivity index (χ0) is 11.5. The summed E-state index contributed by atoms with van der Waals surface area (Å²) in [6.45, 7) is 1.86. The quantitative estimate of drug-likeness (QED) is 0.846. The van der Waals surface area contributed by atoms with Crippen molar-refractivity contribution >= 4 is 15.9 Å². The maximum Gasteiger partial charge on any atom is 0.256 e. The number of ether oxygens (including phenoxy) is 1. The minimum Gasteiger partial charge on any atom is -0.435 e. The molecule has 0 fully saturated rings. The fraction of sp³-hybridized carbons (Fsp3) is 0.0909. The van der Waals surface area contributed by atoms with E-state index in [4.69, 9.17) is 4.74 Å². The zero-order valence-corrected chi connectivity index (χ0v) is 10.0. The fourth-order valence-electron chi connectivity index (χ4n) is 1.10. The van der Waals surface area contributed by atoms with E-state index in [1.807, 2.05) is 6.92 Å². The second-order valence-electron chi connectivity index (χ2n) is 3.18. The molecule has 0 saturated carbocycles. The lowest BCUT2D eigenvalue weighted by atomic mass is 10.4. The Labute approximate surface area is 100 Å². The van der Waals surface area contributed by atoms with Gasteiger partial charge in [-0.3, -0.25) is 4.98 Å². The lowest BCUT2D eigenvalue weighted by Gasteiger charge is -2.05. The molecule has 3 nitrogen and oxygen atoms in total. The van der Waals surface area contributed by atoms with Crippen molar-refractivity contribution in [2.24, 2.45) is 0 Å². The predicted octanol–water partition coefficient (Wildman–Crippen LogP) is 3.48. The maximum absolute atomic E-state index is 13.4. The smallest absolute Gasteiger partial charge is 0.256 e. The number of hydrogen-bond donors (Lipinski definition) is 0. The monoisotopic (exact) mass is 282 g/mol. The third-order valence-electron chi connectivity index (χ3n) is 1.87. The van der Waals surface area contributed by atoms with E-state index in [0.29, 0.717) is 10.2 Å². The Morgan fingerprint density at radius 1 is 1.25 bits per heavy atom. The van der Waals surface area contributed by atoms with E-state index in [1.165, 1.54) is 18.5 Å². The molecule has 2 aromatic heterocycles. The summed E-state index contributed by atoms with van der Waals surface area (Å²) in [5.74, 6) is -0.122. The molecule has 82 valence electrons. The first kappa shape index (κ1) is 11.0. The van der Waals surface area contributed by atoms with Crippen LogP contribution in [-0.2, 0) is 0 Å². The summed E-state index contributed by atoms with van der Waals surface area (Å²) in [5, 5.41) is 0. The minimum atomic E-state index is -0.519. The van der Waals surface area contributed by atoms with Crippen molar-refractivity contribution in [2.75, 3.05) is 0 Å². The van der Waals surface area contributed by atoms with Crippen LogP contribution in [0.1, 0.15) is 5.69 Å². The zero-order valence-electron chi connectivity index (χ0n) is 8.45. The first-order chi connectivity index (χ1) is 7.65. The van der Waals surface area contributed by atoms with Gasteiger partial charge in [0.25, 0.3) is 5.88 Å². The molecule has 0 aliphatic carbocycles.